The summed E-state index contributed by atoms with van der Waals surface area (Å²) in [5.74, 6) is 0.506. The second kappa shape index (κ2) is 13.1. The molecule has 0 aliphatic carbocycles. The van der Waals surface area contributed by atoms with Gasteiger partial charge in [0.15, 0.2) is 0 Å². The van der Waals surface area contributed by atoms with Crippen molar-refractivity contribution in [2.24, 2.45) is 4.99 Å². The van der Waals surface area contributed by atoms with E-state index in [1.165, 1.54) is 12.0 Å². The number of benzene rings is 2. The van der Waals surface area contributed by atoms with Crippen molar-refractivity contribution in [1.29, 1.82) is 0 Å². The lowest BCUT2D eigenvalue weighted by Gasteiger charge is -2.23. The molecular formula is C27H38N2O2S. The first-order chi connectivity index (χ1) is 15.1. The van der Waals surface area contributed by atoms with Gasteiger partial charge in [0.05, 0.1) is 5.69 Å². The van der Waals surface area contributed by atoms with Crippen LogP contribution in [0, 0.1) is 6.92 Å². The zero-order chi connectivity index (χ0) is 24.3. The lowest BCUT2D eigenvalue weighted by molar-refractivity contribution is -0.120. The lowest BCUT2D eigenvalue weighted by atomic mass is 9.85. The summed E-state index contributed by atoms with van der Waals surface area (Å²) in [5.41, 5.74) is 5.82. The van der Waals surface area contributed by atoms with Crippen LogP contribution in [0.25, 0.3) is 6.08 Å². The van der Waals surface area contributed by atoms with Crippen molar-refractivity contribution < 1.29 is 9.53 Å². The molecule has 5 heteroatoms. The number of rotatable bonds is 7. The molecule has 0 aliphatic rings. The fraction of sp³-hybridized carbons (Fsp3) is 0.407. The number of carbonyl (C=O) groups is 1. The van der Waals surface area contributed by atoms with Crippen molar-refractivity contribution in [2.45, 2.75) is 72.1 Å². The van der Waals surface area contributed by atoms with Gasteiger partial charge >= 0.3 is 0 Å². The van der Waals surface area contributed by atoms with Gasteiger partial charge in [-0.15, -0.1) is 12.6 Å². The van der Waals surface area contributed by atoms with Gasteiger partial charge in [-0.2, -0.15) is 0 Å². The minimum absolute atomic E-state index is 0.0408. The molecule has 0 spiro atoms. The van der Waals surface area contributed by atoms with E-state index >= 15 is 0 Å². The Kier molecular flexibility index (Phi) is 11.3. The summed E-state index contributed by atoms with van der Waals surface area (Å²) in [7, 11) is 0. The monoisotopic (exact) mass is 454 g/mol. The van der Waals surface area contributed by atoms with Gasteiger partial charge in [0.2, 0.25) is 0 Å². The van der Waals surface area contributed by atoms with E-state index in [1.807, 2.05) is 50.4 Å². The topological polar surface area (TPSA) is 50.7 Å². The fourth-order valence-electron chi connectivity index (χ4n) is 3.04. The van der Waals surface area contributed by atoms with E-state index in [0.29, 0.717) is 12.2 Å². The highest BCUT2D eigenvalue weighted by Crippen LogP contribution is 2.37. The van der Waals surface area contributed by atoms with Crippen LogP contribution in [0.2, 0.25) is 0 Å². The molecule has 1 N–H and O–H groups in total. The molecule has 0 saturated heterocycles. The van der Waals surface area contributed by atoms with Crippen LogP contribution in [0.5, 0.6) is 5.75 Å². The molecule has 0 aromatic heterocycles. The summed E-state index contributed by atoms with van der Waals surface area (Å²) >= 11 is 4.65. The van der Waals surface area contributed by atoms with Gasteiger partial charge in [-0.25, -0.2) is 0 Å². The van der Waals surface area contributed by atoms with E-state index in [2.05, 4.69) is 65.6 Å². The number of allylic oxidation sites excluding steroid dienone is 1. The molecule has 4 nitrogen and oxygen atoms in total. The Morgan fingerprint density at radius 3 is 2.38 bits per heavy atom. The van der Waals surface area contributed by atoms with Crippen LogP contribution in [-0.4, -0.2) is 19.2 Å². The van der Waals surface area contributed by atoms with Crippen molar-refractivity contribution in [3.8, 4) is 5.75 Å². The summed E-state index contributed by atoms with van der Waals surface area (Å²) in [5, 5.41) is 3.21. The molecule has 0 aliphatic heterocycles. The number of aryl methyl sites for hydroxylation is 1. The number of ether oxygens (including phenoxy) is 1. The summed E-state index contributed by atoms with van der Waals surface area (Å²) in [6.07, 6.45) is 5.02. The summed E-state index contributed by atoms with van der Waals surface area (Å²) in [6.45, 7) is 18.1. The van der Waals surface area contributed by atoms with E-state index in [9.17, 15) is 4.79 Å². The maximum atomic E-state index is 10.9. The highest BCUT2D eigenvalue weighted by Gasteiger charge is 2.19. The average molecular weight is 455 g/mol. The lowest BCUT2D eigenvalue weighted by Crippen LogP contribution is -2.12. The number of aliphatic imine (C=N–C) groups is 1. The summed E-state index contributed by atoms with van der Waals surface area (Å²) < 4.78 is 5.16. The van der Waals surface area contributed by atoms with Crippen LogP contribution in [0.3, 0.4) is 0 Å². The normalized spacial score (nSPS) is 11.7. The first-order valence-corrected chi connectivity index (χ1v) is 11.6. The maximum absolute atomic E-state index is 10.9. The quantitative estimate of drug-likeness (QED) is 0.255. The highest BCUT2D eigenvalue weighted by molar-refractivity contribution is 7.80. The Bertz CT molecular complexity index is 957. The Labute approximate surface area is 199 Å². The fourth-order valence-corrected chi connectivity index (χ4v) is 3.42. The second-order valence-corrected chi connectivity index (χ2v) is 9.26. The van der Waals surface area contributed by atoms with Crippen LogP contribution in [-0.2, 0) is 10.2 Å². The zero-order valence-corrected chi connectivity index (χ0v) is 21.6. The smallest absolute Gasteiger partial charge is 0.298 e. The Hall–Kier alpha value is -2.53. The molecule has 2 aromatic rings. The average Bonchev–Trinajstić information content (AvgIpc) is 2.69. The van der Waals surface area contributed by atoms with Crippen LogP contribution >= 0.6 is 12.6 Å². The van der Waals surface area contributed by atoms with Crippen molar-refractivity contribution >= 4 is 42.8 Å². The predicted molar refractivity (Wildman–Crippen MR) is 142 cm³/mol. The molecule has 0 unspecified atom stereocenters. The third-order valence-corrected chi connectivity index (χ3v) is 4.73. The Morgan fingerprint density at radius 1 is 1.16 bits per heavy atom. The molecule has 0 atom stereocenters. The van der Waals surface area contributed by atoms with E-state index in [-0.39, 0.29) is 5.41 Å². The third kappa shape index (κ3) is 8.54. The molecule has 0 heterocycles. The van der Waals surface area contributed by atoms with Crippen LogP contribution in [0.4, 0.5) is 11.4 Å². The summed E-state index contributed by atoms with van der Waals surface area (Å²) in [6, 6.07) is 9.89. The number of hydrogen-bond acceptors (Lipinski definition) is 5. The highest BCUT2D eigenvalue weighted by atomic mass is 32.1. The standard InChI is InChI=1S/C24H30N2O2S.C3H8/c1-7-25-19-9-8-18(21(13-19)28-15-27)10-17(3)14-26-23-20(24(4,5)6)11-16(2)12-22(23)29;1-3-2/h8-15,25,29H,7H2,1-6H3;3H2,1-2H3/b17-10+,26-14?;. The van der Waals surface area contributed by atoms with Crippen molar-refractivity contribution in [3.05, 3.63) is 52.6 Å². The van der Waals surface area contributed by atoms with Gasteiger partial charge in [-0.05, 0) is 67.2 Å². The Balaban J connectivity index is 0.00000161. The number of carbonyl (C=O) groups excluding carboxylic acids is 1. The maximum Gasteiger partial charge on any atom is 0.298 e. The number of nitrogens with one attached hydrogen (secondary N) is 1. The van der Waals surface area contributed by atoms with Crippen molar-refractivity contribution in [1.82, 2.24) is 0 Å². The predicted octanol–water partition coefficient (Wildman–Crippen LogP) is 7.77. The van der Waals surface area contributed by atoms with E-state index < -0.39 is 0 Å². The number of nitrogens with zero attached hydrogens (tertiary/aromatic N) is 1. The van der Waals surface area contributed by atoms with Gasteiger partial charge in [0.25, 0.3) is 6.47 Å². The zero-order valence-electron chi connectivity index (χ0n) is 20.7. The first kappa shape index (κ1) is 27.5. The minimum atomic E-state index is -0.0408. The number of thiol groups is 1. The van der Waals surface area contributed by atoms with Crippen LogP contribution < -0.4 is 10.1 Å². The largest absolute Gasteiger partial charge is 0.428 e. The van der Waals surface area contributed by atoms with Crippen molar-refractivity contribution in [3.63, 3.8) is 0 Å². The molecule has 0 radical (unpaired) electrons. The SMILES string of the molecule is CCC.CCNc1ccc(/C=C(\C)C=Nc2c(S)cc(C)cc2C(C)(C)C)c(OC=O)c1. The number of anilines is 1. The number of hydrogen-bond donors (Lipinski definition) is 2. The molecular weight excluding hydrogens is 416 g/mol. The van der Waals surface area contributed by atoms with E-state index in [4.69, 9.17) is 9.73 Å². The molecule has 0 saturated carbocycles. The van der Waals surface area contributed by atoms with Gasteiger partial charge < -0.3 is 10.1 Å². The molecule has 0 amide bonds. The van der Waals surface area contributed by atoms with Crippen LogP contribution in [0.15, 0.2) is 45.8 Å². The second-order valence-electron chi connectivity index (χ2n) is 8.78. The third-order valence-electron chi connectivity index (χ3n) is 4.39. The molecule has 32 heavy (non-hydrogen) atoms. The van der Waals surface area contributed by atoms with Crippen molar-refractivity contribution in [2.75, 3.05) is 11.9 Å². The molecule has 174 valence electrons. The van der Waals surface area contributed by atoms with Gasteiger partial charge in [-0.3, -0.25) is 9.79 Å². The van der Waals surface area contributed by atoms with Gasteiger partial charge in [0, 0.05) is 35.0 Å². The van der Waals surface area contributed by atoms with Gasteiger partial charge in [0.1, 0.15) is 5.75 Å². The van der Waals surface area contributed by atoms with Gasteiger partial charge in [-0.1, -0.05) is 47.1 Å². The summed E-state index contributed by atoms with van der Waals surface area (Å²) in [4.78, 5) is 16.5. The van der Waals surface area contributed by atoms with Crippen LogP contribution in [0.1, 0.15) is 71.6 Å². The molecule has 2 aromatic carbocycles. The molecule has 2 rings (SSSR count). The molecule has 0 bridgehead atoms. The van der Waals surface area contributed by atoms with E-state index in [1.54, 1.807) is 0 Å². The Morgan fingerprint density at radius 2 is 1.81 bits per heavy atom. The van der Waals surface area contributed by atoms with E-state index in [0.717, 1.165) is 39.5 Å². The molecule has 0 fully saturated rings. The minimum Gasteiger partial charge on any atom is -0.428 e. The first-order valence-electron chi connectivity index (χ1n) is 11.1.